The maximum absolute atomic E-state index is 12.1. The van der Waals surface area contributed by atoms with Crippen LogP contribution in [-0.2, 0) is 4.79 Å². The molecule has 0 bridgehead atoms. The lowest BCUT2D eigenvalue weighted by atomic mass is 10.3. The average molecular weight is 343 g/mol. The van der Waals surface area contributed by atoms with Crippen LogP contribution in [0.5, 0.6) is 0 Å². The van der Waals surface area contributed by atoms with Gasteiger partial charge in [-0.15, -0.1) is 0 Å². The number of nitrogens with zero attached hydrogens (tertiary/aromatic N) is 1. The normalized spacial score (nSPS) is 12.0. The Hall–Kier alpha value is -1.43. The van der Waals surface area contributed by atoms with Crippen LogP contribution >= 0.6 is 35.0 Å². The highest BCUT2D eigenvalue weighted by Gasteiger charge is 2.19. The van der Waals surface area contributed by atoms with E-state index in [0.29, 0.717) is 20.8 Å². The monoisotopic (exact) mass is 342 g/mol. The number of aromatic nitrogens is 1. The molecule has 1 N–H and O–H groups in total. The molecule has 4 nitrogen and oxygen atoms in total. The van der Waals surface area contributed by atoms with Crippen LogP contribution in [-0.4, -0.2) is 11.2 Å². The molecule has 2 aromatic rings. The second kappa shape index (κ2) is 7.02. The van der Waals surface area contributed by atoms with Gasteiger partial charge in [0.05, 0.1) is 5.25 Å². The van der Waals surface area contributed by atoms with Crippen LogP contribution in [0.25, 0.3) is 0 Å². The van der Waals surface area contributed by atoms with Gasteiger partial charge in [0.2, 0.25) is 5.91 Å². The number of thioether (sulfide) groups is 1. The van der Waals surface area contributed by atoms with Gasteiger partial charge < -0.3 is 10.5 Å². The van der Waals surface area contributed by atoms with Crippen LogP contribution in [0.3, 0.4) is 0 Å². The summed E-state index contributed by atoms with van der Waals surface area (Å²) in [5.41, 5.74) is 0.521. The smallest absolute Gasteiger partial charge is 0.252 e. The van der Waals surface area contributed by atoms with Crippen molar-refractivity contribution in [1.29, 1.82) is 0 Å². The number of amides is 1. The Kier molecular flexibility index (Phi) is 5.33. The maximum atomic E-state index is 12.1. The Morgan fingerprint density at radius 2 is 1.95 bits per heavy atom. The molecule has 0 unspecified atom stereocenters. The summed E-state index contributed by atoms with van der Waals surface area (Å²) in [7, 11) is 0. The molecule has 0 radical (unpaired) electrons. The highest BCUT2D eigenvalue weighted by molar-refractivity contribution is 8.00. The lowest BCUT2D eigenvalue weighted by Gasteiger charge is -2.12. The summed E-state index contributed by atoms with van der Waals surface area (Å²) in [5.74, 6) is -0.234. The predicted molar refractivity (Wildman–Crippen MR) is 85.8 cm³/mol. The van der Waals surface area contributed by atoms with Crippen molar-refractivity contribution in [2.75, 3.05) is 5.32 Å². The number of benzene rings is 1. The minimum Gasteiger partial charge on any atom is -0.618 e. The lowest BCUT2D eigenvalue weighted by molar-refractivity contribution is -0.645. The molecule has 1 atom stereocenters. The molecule has 1 amide bonds. The van der Waals surface area contributed by atoms with Crippen LogP contribution in [0.2, 0.25) is 10.0 Å². The van der Waals surface area contributed by atoms with E-state index in [1.54, 1.807) is 43.3 Å². The minimum atomic E-state index is -0.439. The number of hydrogen-bond donors (Lipinski definition) is 1. The van der Waals surface area contributed by atoms with Gasteiger partial charge in [0.25, 0.3) is 5.03 Å². The number of carbonyl (C=O) groups is 1. The fraction of sp³-hybridized carbons (Fsp3) is 0.143. The molecule has 0 spiro atoms. The van der Waals surface area contributed by atoms with E-state index in [2.05, 4.69) is 5.32 Å². The maximum Gasteiger partial charge on any atom is 0.252 e. The number of hydrogen-bond acceptors (Lipinski definition) is 3. The van der Waals surface area contributed by atoms with Gasteiger partial charge in [-0.3, -0.25) is 4.79 Å². The first-order valence-electron chi connectivity index (χ1n) is 6.07. The molecule has 0 saturated heterocycles. The minimum absolute atomic E-state index is 0.234. The molecule has 7 heteroatoms. The Morgan fingerprint density at radius 3 is 2.57 bits per heavy atom. The molecule has 110 valence electrons. The summed E-state index contributed by atoms with van der Waals surface area (Å²) in [6.45, 7) is 1.72. The molecule has 1 heterocycles. The van der Waals surface area contributed by atoms with E-state index in [1.807, 2.05) is 0 Å². The van der Waals surface area contributed by atoms with Crippen molar-refractivity contribution in [3.8, 4) is 0 Å². The summed E-state index contributed by atoms with van der Waals surface area (Å²) < 4.78 is 0.727. The van der Waals surface area contributed by atoms with Crippen LogP contribution in [0.15, 0.2) is 47.6 Å². The van der Waals surface area contributed by atoms with Gasteiger partial charge in [-0.05, 0) is 43.0 Å². The molecule has 0 aliphatic rings. The number of anilines is 1. The van der Waals surface area contributed by atoms with E-state index in [4.69, 9.17) is 23.2 Å². The second-order valence-electron chi connectivity index (χ2n) is 4.27. The third kappa shape index (κ3) is 4.52. The molecule has 0 saturated carbocycles. The number of rotatable bonds is 4. The van der Waals surface area contributed by atoms with Gasteiger partial charge in [-0.2, -0.15) is 4.73 Å². The molecule has 1 aromatic carbocycles. The first-order chi connectivity index (χ1) is 9.95. The molecule has 0 aliphatic carbocycles. The summed E-state index contributed by atoms with van der Waals surface area (Å²) in [5, 5.41) is 15.2. The molecule has 21 heavy (non-hydrogen) atoms. The summed E-state index contributed by atoms with van der Waals surface area (Å²) in [6, 6.07) is 9.85. The van der Waals surface area contributed by atoms with Crippen LogP contribution < -0.4 is 10.0 Å². The van der Waals surface area contributed by atoms with Crippen molar-refractivity contribution in [3.05, 3.63) is 57.8 Å². The Morgan fingerprint density at radius 1 is 1.29 bits per heavy atom. The van der Waals surface area contributed by atoms with Crippen LogP contribution in [0, 0.1) is 5.21 Å². The number of nitrogens with one attached hydrogen (secondary N) is 1. The van der Waals surface area contributed by atoms with Gasteiger partial charge in [-0.1, -0.05) is 23.2 Å². The molecular weight excluding hydrogens is 331 g/mol. The zero-order valence-electron chi connectivity index (χ0n) is 11.0. The van der Waals surface area contributed by atoms with Crippen LogP contribution in [0.1, 0.15) is 6.92 Å². The van der Waals surface area contributed by atoms with Crippen LogP contribution in [0.4, 0.5) is 5.69 Å². The van der Waals surface area contributed by atoms with E-state index in [0.717, 1.165) is 4.73 Å². The quantitative estimate of drug-likeness (QED) is 0.523. The summed E-state index contributed by atoms with van der Waals surface area (Å²) in [4.78, 5) is 12.1. The molecule has 2 rings (SSSR count). The van der Waals surface area contributed by atoms with E-state index < -0.39 is 5.25 Å². The van der Waals surface area contributed by atoms with Gasteiger partial charge in [0, 0.05) is 27.9 Å². The number of pyridine rings is 1. The highest BCUT2D eigenvalue weighted by atomic mass is 35.5. The molecule has 1 aromatic heterocycles. The topological polar surface area (TPSA) is 56.0 Å². The SMILES string of the molecule is C[C@@H](Sc1cccc[n+]1[O-])C(=O)Nc1cc(Cl)cc(Cl)c1. The fourth-order valence-electron chi connectivity index (χ4n) is 1.61. The van der Waals surface area contributed by atoms with Gasteiger partial charge in [0.1, 0.15) is 0 Å². The van der Waals surface area contributed by atoms with Gasteiger partial charge >= 0.3 is 0 Å². The third-order valence-corrected chi connectivity index (χ3v) is 4.15. The first-order valence-corrected chi connectivity index (χ1v) is 7.71. The first kappa shape index (κ1) is 15.9. The Bertz CT molecular complexity index is 647. The van der Waals surface area contributed by atoms with Crippen molar-refractivity contribution in [2.24, 2.45) is 0 Å². The second-order valence-corrected chi connectivity index (χ2v) is 6.51. The average Bonchev–Trinajstić information content (AvgIpc) is 2.40. The molecular formula is C14H12Cl2N2O2S. The molecule has 0 aliphatic heterocycles. The van der Waals surface area contributed by atoms with E-state index >= 15 is 0 Å². The van der Waals surface area contributed by atoms with E-state index in [9.17, 15) is 10.0 Å². The zero-order valence-corrected chi connectivity index (χ0v) is 13.4. The number of halogens is 2. The van der Waals surface area contributed by atoms with E-state index in [-0.39, 0.29) is 5.91 Å². The summed E-state index contributed by atoms with van der Waals surface area (Å²) in [6.07, 6.45) is 1.39. The van der Waals surface area contributed by atoms with E-state index in [1.165, 1.54) is 18.0 Å². The Labute approximate surface area is 136 Å². The van der Waals surface area contributed by atoms with Crippen molar-refractivity contribution < 1.29 is 9.52 Å². The Balaban J connectivity index is 2.04. The summed E-state index contributed by atoms with van der Waals surface area (Å²) >= 11 is 12.9. The van der Waals surface area contributed by atoms with Crippen molar-refractivity contribution in [1.82, 2.24) is 0 Å². The highest BCUT2D eigenvalue weighted by Crippen LogP contribution is 2.24. The number of carbonyl (C=O) groups excluding carboxylic acids is 1. The largest absolute Gasteiger partial charge is 0.618 e. The fourth-order valence-corrected chi connectivity index (χ4v) is 2.98. The van der Waals surface area contributed by atoms with Gasteiger partial charge in [0.15, 0.2) is 6.20 Å². The predicted octanol–water partition coefficient (Wildman–Crippen LogP) is 3.75. The molecule has 0 fully saturated rings. The standard InChI is InChI=1S/C14H12Cl2N2O2S/c1-9(21-13-4-2-3-5-18(13)20)14(19)17-12-7-10(15)6-11(16)8-12/h2-9H,1H3,(H,17,19)/t9-/m1/s1. The van der Waals surface area contributed by atoms with Crippen molar-refractivity contribution >= 4 is 46.6 Å². The lowest BCUT2D eigenvalue weighted by Crippen LogP contribution is -2.30. The van der Waals surface area contributed by atoms with Gasteiger partial charge in [-0.25, -0.2) is 0 Å². The third-order valence-electron chi connectivity index (χ3n) is 2.59. The van der Waals surface area contributed by atoms with Crippen molar-refractivity contribution in [2.45, 2.75) is 17.2 Å². The van der Waals surface area contributed by atoms with Crippen molar-refractivity contribution in [3.63, 3.8) is 0 Å². The zero-order chi connectivity index (χ0) is 15.4.